The van der Waals surface area contributed by atoms with Crippen LogP contribution in [0.15, 0.2) is 42.5 Å². The zero-order valence-electron chi connectivity index (χ0n) is 13.7. The number of nitrogens with zero attached hydrogens (tertiary/aromatic N) is 2. The third kappa shape index (κ3) is 5.18. The zero-order valence-corrected chi connectivity index (χ0v) is 15.3. The number of halogens is 2. The second-order valence-electron chi connectivity index (χ2n) is 5.42. The average Bonchev–Trinajstić information content (AvgIpc) is 2.57. The van der Waals surface area contributed by atoms with Crippen molar-refractivity contribution in [3.8, 4) is 6.07 Å². The van der Waals surface area contributed by atoms with Gasteiger partial charge in [0.25, 0.3) is 0 Å². The number of amides is 1. The summed E-state index contributed by atoms with van der Waals surface area (Å²) in [5, 5.41) is 11.2. The van der Waals surface area contributed by atoms with E-state index in [1.807, 2.05) is 6.07 Å². The van der Waals surface area contributed by atoms with Gasteiger partial charge in [0.2, 0.25) is 15.9 Å². The van der Waals surface area contributed by atoms with Crippen LogP contribution in [0.2, 0.25) is 5.02 Å². The van der Waals surface area contributed by atoms with E-state index in [2.05, 4.69) is 5.32 Å². The number of nitrogens with one attached hydrogen (secondary N) is 1. The molecule has 2 rings (SSSR count). The molecule has 0 aliphatic rings. The van der Waals surface area contributed by atoms with Crippen LogP contribution in [0.3, 0.4) is 0 Å². The van der Waals surface area contributed by atoms with Crippen LogP contribution in [0.4, 0.5) is 15.8 Å². The zero-order chi connectivity index (χ0) is 19.3. The normalized spacial score (nSPS) is 10.8. The van der Waals surface area contributed by atoms with Crippen LogP contribution in [0.5, 0.6) is 0 Å². The average molecular weight is 396 g/mol. The Morgan fingerprint density at radius 3 is 2.46 bits per heavy atom. The van der Waals surface area contributed by atoms with Gasteiger partial charge in [-0.05, 0) is 42.5 Å². The summed E-state index contributed by atoms with van der Waals surface area (Å²) in [7, 11) is -3.69. The Hall–Kier alpha value is -2.63. The summed E-state index contributed by atoms with van der Waals surface area (Å²) in [6.07, 6.45) is 0.866. The van der Waals surface area contributed by atoms with Gasteiger partial charge in [-0.3, -0.25) is 9.10 Å². The number of rotatable bonds is 6. The first-order chi connectivity index (χ1) is 12.2. The molecule has 0 saturated heterocycles. The second-order valence-corrected chi connectivity index (χ2v) is 7.73. The lowest BCUT2D eigenvalue weighted by molar-refractivity contribution is -0.116. The number of benzene rings is 2. The van der Waals surface area contributed by atoms with Crippen molar-refractivity contribution in [1.29, 1.82) is 5.26 Å². The van der Waals surface area contributed by atoms with Gasteiger partial charge in [-0.1, -0.05) is 11.6 Å². The summed E-state index contributed by atoms with van der Waals surface area (Å²) in [6.45, 7) is -0.136. The van der Waals surface area contributed by atoms with E-state index in [1.54, 1.807) is 24.3 Å². The number of hydrogen-bond acceptors (Lipinski definition) is 4. The monoisotopic (exact) mass is 395 g/mol. The molecule has 0 fully saturated rings. The van der Waals surface area contributed by atoms with Crippen LogP contribution in [-0.4, -0.2) is 27.1 Å². The molecule has 0 heterocycles. The maximum Gasteiger partial charge on any atom is 0.232 e. The van der Waals surface area contributed by atoms with E-state index < -0.39 is 21.7 Å². The Bertz CT molecular complexity index is 956. The van der Waals surface area contributed by atoms with E-state index in [0.29, 0.717) is 11.3 Å². The maximum atomic E-state index is 13.3. The summed E-state index contributed by atoms with van der Waals surface area (Å²) in [5.74, 6) is -1.07. The first-order valence-corrected chi connectivity index (χ1v) is 9.66. The van der Waals surface area contributed by atoms with Crippen LogP contribution in [-0.2, 0) is 14.8 Å². The molecule has 2 aromatic rings. The Balaban J connectivity index is 2.08. The topological polar surface area (TPSA) is 90.3 Å². The van der Waals surface area contributed by atoms with Crippen LogP contribution in [0, 0.1) is 17.1 Å². The second kappa shape index (κ2) is 8.17. The molecule has 0 atom stereocenters. The summed E-state index contributed by atoms with van der Waals surface area (Å²) in [4.78, 5) is 12.1. The van der Waals surface area contributed by atoms with E-state index in [0.717, 1.165) is 16.6 Å². The minimum Gasteiger partial charge on any atom is -0.326 e. The highest BCUT2D eigenvalue weighted by atomic mass is 35.5. The van der Waals surface area contributed by atoms with Crippen molar-refractivity contribution in [2.75, 3.05) is 22.4 Å². The van der Waals surface area contributed by atoms with Gasteiger partial charge in [0.1, 0.15) is 5.82 Å². The number of sulfonamides is 1. The Morgan fingerprint density at radius 1 is 1.27 bits per heavy atom. The first-order valence-electron chi connectivity index (χ1n) is 7.43. The van der Waals surface area contributed by atoms with Crippen molar-refractivity contribution in [2.24, 2.45) is 0 Å². The van der Waals surface area contributed by atoms with Crippen molar-refractivity contribution in [3.63, 3.8) is 0 Å². The molecule has 0 radical (unpaired) electrons. The molecule has 2 aromatic carbocycles. The molecule has 26 heavy (non-hydrogen) atoms. The van der Waals surface area contributed by atoms with Crippen LogP contribution in [0.25, 0.3) is 0 Å². The molecule has 0 aromatic heterocycles. The molecule has 1 N–H and O–H groups in total. The molecule has 0 unspecified atom stereocenters. The molecule has 0 aliphatic heterocycles. The fourth-order valence-corrected chi connectivity index (χ4v) is 3.28. The van der Waals surface area contributed by atoms with Crippen LogP contribution >= 0.6 is 11.6 Å². The summed E-state index contributed by atoms with van der Waals surface area (Å²) in [5.41, 5.74) is 1.12. The highest BCUT2D eigenvalue weighted by Gasteiger charge is 2.19. The third-order valence-electron chi connectivity index (χ3n) is 3.43. The Kier molecular flexibility index (Phi) is 6.18. The highest BCUT2D eigenvalue weighted by molar-refractivity contribution is 7.92. The van der Waals surface area contributed by atoms with Gasteiger partial charge in [0, 0.05) is 18.7 Å². The molecule has 0 bridgehead atoms. The lowest BCUT2D eigenvalue weighted by Crippen LogP contribution is -2.33. The quantitative estimate of drug-likeness (QED) is 0.813. The summed E-state index contributed by atoms with van der Waals surface area (Å²) < 4.78 is 38.3. The molecule has 136 valence electrons. The number of carbonyl (C=O) groups is 1. The van der Waals surface area contributed by atoms with Gasteiger partial charge in [0.05, 0.1) is 28.6 Å². The third-order valence-corrected chi connectivity index (χ3v) is 4.91. The minimum absolute atomic E-state index is 0.123. The van der Waals surface area contributed by atoms with E-state index in [-0.39, 0.29) is 23.7 Å². The molecule has 1 amide bonds. The Morgan fingerprint density at radius 2 is 1.92 bits per heavy atom. The lowest BCUT2D eigenvalue weighted by Gasteiger charge is -2.22. The van der Waals surface area contributed by atoms with Crippen molar-refractivity contribution < 1.29 is 17.6 Å². The highest BCUT2D eigenvalue weighted by Crippen LogP contribution is 2.24. The Labute approximate surface area is 155 Å². The predicted octanol–water partition coefficient (Wildman–Crippen LogP) is 3.15. The van der Waals surface area contributed by atoms with Gasteiger partial charge in [0.15, 0.2) is 0 Å². The van der Waals surface area contributed by atoms with Crippen molar-refractivity contribution >= 4 is 38.9 Å². The largest absolute Gasteiger partial charge is 0.326 e. The van der Waals surface area contributed by atoms with Crippen LogP contribution < -0.4 is 9.62 Å². The fourth-order valence-electron chi connectivity index (χ4n) is 2.18. The van der Waals surface area contributed by atoms with Gasteiger partial charge < -0.3 is 5.32 Å². The van der Waals surface area contributed by atoms with Gasteiger partial charge in [-0.25, -0.2) is 12.8 Å². The molecule has 0 aliphatic carbocycles. The van der Waals surface area contributed by atoms with Crippen LogP contribution in [0.1, 0.15) is 12.0 Å². The van der Waals surface area contributed by atoms with Gasteiger partial charge in [-0.15, -0.1) is 0 Å². The number of anilines is 2. The summed E-state index contributed by atoms with van der Waals surface area (Å²) in [6, 6.07) is 11.8. The van der Waals surface area contributed by atoms with Gasteiger partial charge in [-0.2, -0.15) is 5.26 Å². The number of hydrogen-bond donors (Lipinski definition) is 1. The fraction of sp³-hybridized carbons (Fsp3) is 0.176. The molecule has 0 spiro atoms. The minimum atomic E-state index is -3.69. The van der Waals surface area contributed by atoms with Crippen molar-refractivity contribution in [3.05, 3.63) is 58.9 Å². The SMILES string of the molecule is CS(=O)(=O)N(CCC(=O)Nc1ccc(C#N)cc1)c1ccc(F)c(Cl)c1. The molecular weight excluding hydrogens is 381 g/mol. The maximum absolute atomic E-state index is 13.3. The van der Waals surface area contributed by atoms with E-state index in [1.165, 1.54) is 12.1 Å². The molecule has 9 heteroatoms. The predicted molar refractivity (Wildman–Crippen MR) is 98.0 cm³/mol. The molecule has 6 nitrogen and oxygen atoms in total. The van der Waals surface area contributed by atoms with E-state index in [9.17, 15) is 17.6 Å². The number of carbonyl (C=O) groups excluding carboxylic acids is 1. The van der Waals surface area contributed by atoms with Crippen molar-refractivity contribution in [1.82, 2.24) is 0 Å². The lowest BCUT2D eigenvalue weighted by atomic mass is 10.2. The van der Waals surface area contributed by atoms with Gasteiger partial charge >= 0.3 is 0 Å². The summed E-state index contributed by atoms with van der Waals surface area (Å²) >= 11 is 5.70. The van der Waals surface area contributed by atoms with Crippen molar-refractivity contribution in [2.45, 2.75) is 6.42 Å². The smallest absolute Gasteiger partial charge is 0.232 e. The van der Waals surface area contributed by atoms with E-state index >= 15 is 0 Å². The first kappa shape index (κ1) is 19.7. The molecular formula is C17H15ClFN3O3S. The number of nitriles is 1. The standard InChI is InChI=1S/C17H15ClFN3O3S/c1-26(24,25)22(14-6-7-16(19)15(18)10-14)9-8-17(23)21-13-4-2-12(11-20)3-5-13/h2-7,10H,8-9H2,1H3,(H,21,23). The van der Waals surface area contributed by atoms with E-state index in [4.69, 9.17) is 16.9 Å². The molecule has 0 saturated carbocycles.